The molecule has 0 aliphatic carbocycles. The molecule has 0 saturated carbocycles. The molecule has 0 saturated heterocycles. The number of fused-ring (bicyclic) bond motifs is 5. The zero-order valence-electron chi connectivity index (χ0n) is 49.2. The van der Waals surface area contributed by atoms with Crippen molar-refractivity contribution in [3.63, 3.8) is 0 Å². The number of rotatable bonds is 1. The van der Waals surface area contributed by atoms with Gasteiger partial charge in [-0.3, -0.25) is 4.57 Å². The number of aromatic nitrogens is 2. The van der Waals surface area contributed by atoms with E-state index in [0.717, 1.165) is 28.2 Å². The highest BCUT2D eigenvalue weighted by Gasteiger charge is 2.32. The van der Waals surface area contributed by atoms with Gasteiger partial charge in [-0.25, -0.2) is 4.98 Å². The molecule has 6 nitrogen and oxygen atoms in total. The van der Waals surface area contributed by atoms with Crippen molar-refractivity contribution in [1.29, 1.82) is 0 Å². The lowest BCUT2D eigenvalue weighted by atomic mass is 9.86. The summed E-state index contributed by atoms with van der Waals surface area (Å²) in [6.45, 7) is 9.04. The zero-order chi connectivity index (χ0) is 55.8. The zero-order valence-corrected chi connectivity index (χ0v) is 39.2. The second-order valence-electron chi connectivity index (χ2n) is 19.7. The van der Waals surface area contributed by atoms with Crippen LogP contribution in [0.5, 0.6) is 23.0 Å². The summed E-state index contributed by atoms with van der Waals surface area (Å²) in [7, 11) is 0. The molecule has 69 heavy (non-hydrogen) atoms. The summed E-state index contributed by atoms with van der Waals surface area (Å²) in [5.74, 6) is 1.90. The van der Waals surface area contributed by atoms with Gasteiger partial charge in [0.15, 0.2) is 0 Å². The smallest absolute Gasteiger partial charge is 0.137 e. The van der Waals surface area contributed by atoms with E-state index in [1.54, 1.807) is 41.0 Å². The Morgan fingerprint density at radius 1 is 0.536 bits per heavy atom. The molecule has 0 atom stereocenters. The summed E-state index contributed by atoms with van der Waals surface area (Å²) in [6.07, 6.45) is 1.50. The third-order valence-corrected chi connectivity index (χ3v) is 13.0. The minimum absolute atomic E-state index is 0.0320. The highest BCUT2D eigenvalue weighted by molar-refractivity contribution is 6.10. The average Bonchev–Trinajstić information content (AvgIpc) is 3.83. The monoisotopic (exact) mass is 908 g/mol. The minimum Gasteiger partial charge on any atom is -0.457 e. The van der Waals surface area contributed by atoms with E-state index in [-0.39, 0.29) is 71.4 Å². The Morgan fingerprint density at radius 2 is 1.20 bits per heavy atom. The normalized spacial score (nSPS) is 15.5. The molecule has 10 aromatic rings. The fourth-order valence-corrected chi connectivity index (χ4v) is 9.42. The van der Waals surface area contributed by atoms with Crippen LogP contribution >= 0.6 is 0 Å². The Kier molecular flexibility index (Phi) is 7.57. The lowest BCUT2D eigenvalue weighted by Crippen LogP contribution is -2.25. The standard InChI is InChI=1S/C63H54N4O2/c1-40-34-60-64-38-54(40)52-16-8-11-21-59(52)69-46-29-24-42(25-30-46)50-18-13-17-49(41-22-26-43(27-23-41)62(2,3)4)61(50)66-39-65(56-19-9-10-20-57(56)66)45-14-12-15-47(36-45)68-48-31-32-51-53-35-44(63(5,6)7)28-33-55(53)67(60)58(51)37-48/h8-38H,39H2,1-7H3/i1D3,22D,23D,26D,27D,28D,33D,35D. The summed E-state index contributed by atoms with van der Waals surface area (Å²) in [5, 5.41) is 1.03. The van der Waals surface area contributed by atoms with Gasteiger partial charge >= 0.3 is 0 Å². The van der Waals surface area contributed by atoms with Crippen LogP contribution in [0.15, 0.2) is 188 Å². The third-order valence-electron chi connectivity index (χ3n) is 13.0. The SMILES string of the molecule is [2H]c1c([2H])c(C(C)(C)C)c([2H])c([2H])c1-c1cccc2c1N1CN(c3cccc(c3)Oc3ccc4c5c([2H])c(C(C)(C)C)c([2H])c([2H])c5n(c4c3)-c3cc(C([2H])([2H])[2H])c(cn3)-c3ccccc3Oc3ccc-2cc3)c2ccccc21. The fourth-order valence-electron chi connectivity index (χ4n) is 9.42. The predicted octanol–water partition coefficient (Wildman–Crippen LogP) is 17.2. The van der Waals surface area contributed by atoms with Gasteiger partial charge in [-0.2, -0.15) is 0 Å². The molecule has 6 heterocycles. The number of hydrogen-bond acceptors (Lipinski definition) is 5. The third kappa shape index (κ3) is 7.39. The number of hydrogen-bond donors (Lipinski definition) is 0. The van der Waals surface area contributed by atoms with Crippen molar-refractivity contribution < 1.29 is 23.2 Å². The first-order valence-electron chi connectivity index (χ1n) is 28.1. The first-order chi connectivity index (χ1) is 37.5. The molecular weight excluding hydrogens is 845 g/mol. The summed E-state index contributed by atoms with van der Waals surface area (Å²) < 4.78 is 108. The van der Waals surface area contributed by atoms with E-state index < -0.39 is 17.7 Å². The summed E-state index contributed by atoms with van der Waals surface area (Å²) in [4.78, 5) is 9.26. The first-order valence-corrected chi connectivity index (χ1v) is 23.1. The molecule has 0 fully saturated rings. The van der Waals surface area contributed by atoms with Crippen molar-refractivity contribution in [3.05, 3.63) is 205 Å². The van der Waals surface area contributed by atoms with Crippen LogP contribution in [0.4, 0.5) is 22.7 Å². The predicted molar refractivity (Wildman–Crippen MR) is 286 cm³/mol. The molecule has 0 N–H and O–H groups in total. The van der Waals surface area contributed by atoms with Crippen molar-refractivity contribution in [2.75, 3.05) is 16.5 Å². The topological polar surface area (TPSA) is 42.8 Å². The second-order valence-corrected chi connectivity index (χ2v) is 19.7. The van der Waals surface area contributed by atoms with Crippen LogP contribution in [-0.2, 0) is 10.8 Å². The van der Waals surface area contributed by atoms with Crippen LogP contribution in [-0.4, -0.2) is 16.2 Å². The van der Waals surface area contributed by atoms with Crippen molar-refractivity contribution in [1.82, 2.24) is 9.55 Å². The van der Waals surface area contributed by atoms with E-state index in [0.29, 0.717) is 72.8 Å². The maximum Gasteiger partial charge on any atom is 0.137 e. The van der Waals surface area contributed by atoms with Gasteiger partial charge in [-0.05, 0) is 118 Å². The molecule has 0 unspecified atom stereocenters. The Hall–Kier alpha value is -8.09. The minimum atomic E-state index is -2.67. The van der Waals surface area contributed by atoms with Gasteiger partial charge < -0.3 is 19.3 Å². The molecular formula is C63H54N4O2. The van der Waals surface area contributed by atoms with E-state index in [1.165, 1.54) is 12.3 Å². The summed E-state index contributed by atoms with van der Waals surface area (Å²) in [5.41, 5.74) is 6.29. The Bertz CT molecular complexity index is 4150. The highest BCUT2D eigenvalue weighted by Crippen LogP contribution is 2.51. The van der Waals surface area contributed by atoms with Crippen molar-refractivity contribution in [3.8, 4) is 62.2 Å². The van der Waals surface area contributed by atoms with E-state index in [4.69, 9.17) is 18.6 Å². The fraction of sp³-hybridized carbons (Fsp3) is 0.159. The van der Waals surface area contributed by atoms with Gasteiger partial charge in [0.2, 0.25) is 0 Å². The molecule has 2 aromatic heterocycles. The van der Waals surface area contributed by atoms with Crippen LogP contribution in [0.25, 0.3) is 61.0 Å². The lowest BCUT2D eigenvalue weighted by molar-refractivity contribution is 0.483. The van der Waals surface area contributed by atoms with Crippen molar-refractivity contribution >= 4 is 44.6 Å². The number of pyridine rings is 1. The molecule has 8 aromatic carbocycles. The van der Waals surface area contributed by atoms with Crippen LogP contribution in [0.1, 0.15) is 71.9 Å². The Morgan fingerprint density at radius 3 is 1.97 bits per heavy atom. The second kappa shape index (κ2) is 16.0. The molecule has 0 amide bonds. The number of para-hydroxylation sites is 4. The van der Waals surface area contributed by atoms with Crippen molar-refractivity contribution in [2.24, 2.45) is 0 Å². The summed E-state index contributed by atoms with van der Waals surface area (Å²) in [6, 6.07) is 42.4. The molecule has 0 spiro atoms. The van der Waals surface area contributed by atoms with Gasteiger partial charge in [0, 0.05) is 61.2 Å². The van der Waals surface area contributed by atoms with Gasteiger partial charge in [0.05, 0.1) is 37.7 Å². The van der Waals surface area contributed by atoms with Crippen LogP contribution in [0.2, 0.25) is 0 Å². The molecule has 6 heteroatoms. The first kappa shape index (κ1) is 32.6. The van der Waals surface area contributed by atoms with Crippen molar-refractivity contribution in [2.45, 2.75) is 59.2 Å². The van der Waals surface area contributed by atoms with Crippen LogP contribution in [0.3, 0.4) is 0 Å². The molecule has 4 aliphatic heterocycles. The van der Waals surface area contributed by atoms with Gasteiger partial charge in [-0.15, -0.1) is 0 Å². The maximum atomic E-state index is 9.66. The molecule has 338 valence electrons. The Balaban J connectivity index is 1.12. The molecule has 4 aliphatic rings. The quantitative estimate of drug-likeness (QED) is 0.164. The van der Waals surface area contributed by atoms with E-state index >= 15 is 0 Å². The number of aryl methyl sites for hydroxylation is 1. The molecule has 0 radical (unpaired) electrons. The van der Waals surface area contributed by atoms with Crippen LogP contribution in [0, 0.1) is 6.85 Å². The van der Waals surface area contributed by atoms with E-state index in [9.17, 15) is 9.60 Å². The summed E-state index contributed by atoms with van der Waals surface area (Å²) >= 11 is 0. The lowest BCUT2D eigenvalue weighted by Gasteiger charge is -2.27. The number of ether oxygens (including phenoxy) is 2. The largest absolute Gasteiger partial charge is 0.457 e. The van der Waals surface area contributed by atoms with E-state index in [1.807, 2.05) is 139 Å². The number of anilines is 4. The van der Waals surface area contributed by atoms with Gasteiger partial charge in [-0.1, -0.05) is 138 Å². The maximum absolute atomic E-state index is 9.66. The molecule has 10 bridgehead atoms. The van der Waals surface area contributed by atoms with Gasteiger partial charge in [0.25, 0.3) is 0 Å². The highest BCUT2D eigenvalue weighted by atomic mass is 16.5. The number of benzene rings is 8. The average molecular weight is 909 g/mol. The van der Waals surface area contributed by atoms with Gasteiger partial charge in [0.1, 0.15) is 35.5 Å². The molecule has 14 rings (SSSR count). The Labute approximate surface area is 418 Å². The van der Waals surface area contributed by atoms with E-state index in [2.05, 4.69) is 9.80 Å². The number of nitrogens with zero attached hydrogens (tertiary/aromatic N) is 4. The van der Waals surface area contributed by atoms with Crippen LogP contribution < -0.4 is 19.3 Å².